The van der Waals surface area contributed by atoms with Crippen molar-refractivity contribution in [3.63, 3.8) is 0 Å². The summed E-state index contributed by atoms with van der Waals surface area (Å²) >= 11 is 1.35. The quantitative estimate of drug-likeness (QED) is 0.395. The molecule has 0 unspecified atom stereocenters. The number of aryl methyl sites for hydroxylation is 1. The molecule has 0 aliphatic rings. The van der Waals surface area contributed by atoms with Crippen LogP contribution in [0, 0.1) is 6.92 Å². The Kier molecular flexibility index (Phi) is 6.61. The summed E-state index contributed by atoms with van der Waals surface area (Å²) in [5, 5.41) is 12.3. The SMILES string of the molecule is Cc1ccc(-c2nnc(SCC(=O)Nc3ccc(N(C)C)cc3)n2Cc2ccco2)cc1. The summed E-state index contributed by atoms with van der Waals surface area (Å²) in [7, 11) is 3.96. The molecule has 0 bridgehead atoms. The highest BCUT2D eigenvalue weighted by molar-refractivity contribution is 7.99. The fourth-order valence-electron chi connectivity index (χ4n) is 3.18. The number of amides is 1. The van der Waals surface area contributed by atoms with Crippen LogP contribution in [0.25, 0.3) is 11.4 Å². The minimum atomic E-state index is -0.1000. The van der Waals surface area contributed by atoms with Gasteiger partial charge in [-0.1, -0.05) is 41.6 Å². The van der Waals surface area contributed by atoms with Crippen LogP contribution in [-0.4, -0.2) is 40.5 Å². The molecule has 164 valence electrons. The van der Waals surface area contributed by atoms with Crippen molar-refractivity contribution in [3.8, 4) is 11.4 Å². The van der Waals surface area contributed by atoms with Gasteiger partial charge in [-0.05, 0) is 43.3 Å². The van der Waals surface area contributed by atoms with Crippen molar-refractivity contribution in [2.45, 2.75) is 18.6 Å². The molecule has 1 N–H and O–H groups in total. The molecule has 2 aromatic heterocycles. The first kappa shape index (κ1) is 21.7. The van der Waals surface area contributed by atoms with E-state index >= 15 is 0 Å². The number of anilines is 2. The summed E-state index contributed by atoms with van der Waals surface area (Å²) in [6, 6.07) is 19.6. The maximum atomic E-state index is 12.5. The van der Waals surface area contributed by atoms with Crippen LogP contribution in [0.1, 0.15) is 11.3 Å². The van der Waals surface area contributed by atoms with Crippen LogP contribution < -0.4 is 10.2 Å². The number of thioether (sulfide) groups is 1. The average Bonchev–Trinajstić information content (AvgIpc) is 3.44. The van der Waals surface area contributed by atoms with Crippen molar-refractivity contribution in [2.75, 3.05) is 30.1 Å². The highest BCUT2D eigenvalue weighted by Gasteiger charge is 2.17. The van der Waals surface area contributed by atoms with Crippen LogP contribution in [0.2, 0.25) is 0 Å². The third kappa shape index (κ3) is 5.20. The van der Waals surface area contributed by atoms with Crippen LogP contribution in [-0.2, 0) is 11.3 Å². The summed E-state index contributed by atoms with van der Waals surface area (Å²) in [4.78, 5) is 14.5. The summed E-state index contributed by atoms with van der Waals surface area (Å²) in [5.74, 6) is 1.66. The first-order valence-corrected chi connectivity index (χ1v) is 11.2. The Morgan fingerprint density at radius 3 is 2.47 bits per heavy atom. The normalized spacial score (nSPS) is 10.8. The minimum absolute atomic E-state index is 0.1000. The van der Waals surface area contributed by atoms with E-state index in [0.29, 0.717) is 11.7 Å². The summed E-state index contributed by atoms with van der Waals surface area (Å²) in [5.41, 5.74) is 3.98. The first-order chi connectivity index (χ1) is 15.5. The maximum absolute atomic E-state index is 12.5. The average molecular weight is 448 g/mol. The number of furan rings is 1. The molecular formula is C24H25N5O2S. The second-order valence-electron chi connectivity index (χ2n) is 7.62. The van der Waals surface area contributed by atoms with Gasteiger partial charge in [-0.2, -0.15) is 0 Å². The van der Waals surface area contributed by atoms with Gasteiger partial charge in [0.2, 0.25) is 5.91 Å². The number of hydrogen-bond donors (Lipinski definition) is 1. The zero-order chi connectivity index (χ0) is 22.5. The van der Waals surface area contributed by atoms with E-state index in [4.69, 9.17) is 4.42 Å². The molecule has 2 heterocycles. The monoisotopic (exact) mass is 447 g/mol. The Balaban J connectivity index is 1.48. The Morgan fingerprint density at radius 2 is 1.81 bits per heavy atom. The van der Waals surface area contributed by atoms with Gasteiger partial charge in [0, 0.05) is 31.0 Å². The van der Waals surface area contributed by atoms with Crippen molar-refractivity contribution in [1.29, 1.82) is 0 Å². The largest absolute Gasteiger partial charge is 0.467 e. The van der Waals surface area contributed by atoms with Gasteiger partial charge in [-0.25, -0.2) is 0 Å². The highest BCUT2D eigenvalue weighted by atomic mass is 32.2. The van der Waals surface area contributed by atoms with E-state index < -0.39 is 0 Å². The lowest BCUT2D eigenvalue weighted by Gasteiger charge is -2.13. The van der Waals surface area contributed by atoms with Gasteiger partial charge in [-0.15, -0.1) is 10.2 Å². The molecule has 1 amide bonds. The molecule has 0 atom stereocenters. The van der Waals surface area contributed by atoms with E-state index in [2.05, 4.69) is 15.5 Å². The second-order valence-corrected chi connectivity index (χ2v) is 8.56. The smallest absolute Gasteiger partial charge is 0.234 e. The number of carbonyl (C=O) groups excluding carboxylic acids is 1. The molecule has 0 saturated carbocycles. The number of carbonyl (C=O) groups is 1. The van der Waals surface area contributed by atoms with E-state index in [-0.39, 0.29) is 11.7 Å². The van der Waals surface area contributed by atoms with Gasteiger partial charge in [-0.3, -0.25) is 9.36 Å². The molecule has 0 radical (unpaired) electrons. The molecular weight excluding hydrogens is 422 g/mol. The lowest BCUT2D eigenvalue weighted by Crippen LogP contribution is -2.15. The molecule has 4 rings (SSSR count). The molecule has 2 aromatic carbocycles. The maximum Gasteiger partial charge on any atom is 0.234 e. The fourth-order valence-corrected chi connectivity index (χ4v) is 3.92. The third-order valence-electron chi connectivity index (χ3n) is 4.92. The van der Waals surface area contributed by atoms with E-state index in [1.807, 2.05) is 91.1 Å². The molecule has 0 aliphatic carbocycles. The van der Waals surface area contributed by atoms with Crippen LogP contribution in [0.5, 0.6) is 0 Å². The zero-order valence-electron chi connectivity index (χ0n) is 18.3. The fraction of sp³-hybridized carbons (Fsp3) is 0.208. The standard InChI is InChI=1S/C24H25N5O2S/c1-17-6-8-18(9-7-17)23-26-27-24(29(23)15-21-5-4-14-31-21)32-16-22(30)25-19-10-12-20(13-11-19)28(2)3/h4-14H,15-16H2,1-3H3,(H,25,30). The predicted octanol–water partition coefficient (Wildman–Crippen LogP) is 4.69. The van der Waals surface area contributed by atoms with Crippen molar-refractivity contribution in [1.82, 2.24) is 14.8 Å². The van der Waals surface area contributed by atoms with Gasteiger partial charge in [0.05, 0.1) is 18.6 Å². The lowest BCUT2D eigenvalue weighted by atomic mass is 10.1. The van der Waals surface area contributed by atoms with Crippen LogP contribution in [0.3, 0.4) is 0 Å². The molecule has 32 heavy (non-hydrogen) atoms. The minimum Gasteiger partial charge on any atom is -0.467 e. The van der Waals surface area contributed by atoms with Crippen molar-refractivity contribution in [2.24, 2.45) is 0 Å². The van der Waals surface area contributed by atoms with Gasteiger partial charge >= 0.3 is 0 Å². The summed E-state index contributed by atoms with van der Waals surface area (Å²) < 4.78 is 7.51. The summed E-state index contributed by atoms with van der Waals surface area (Å²) in [6.45, 7) is 2.53. The van der Waals surface area contributed by atoms with E-state index in [1.54, 1.807) is 6.26 Å². The molecule has 7 nitrogen and oxygen atoms in total. The molecule has 0 aliphatic heterocycles. The van der Waals surface area contributed by atoms with Crippen molar-refractivity contribution < 1.29 is 9.21 Å². The predicted molar refractivity (Wildman–Crippen MR) is 128 cm³/mol. The molecule has 0 spiro atoms. The van der Waals surface area contributed by atoms with E-state index in [9.17, 15) is 4.79 Å². The van der Waals surface area contributed by atoms with Gasteiger partial charge in [0.15, 0.2) is 11.0 Å². The summed E-state index contributed by atoms with van der Waals surface area (Å²) in [6.07, 6.45) is 1.65. The molecule has 0 fully saturated rings. The van der Waals surface area contributed by atoms with Crippen LogP contribution in [0.4, 0.5) is 11.4 Å². The number of benzene rings is 2. The number of nitrogens with one attached hydrogen (secondary N) is 1. The van der Waals surface area contributed by atoms with E-state index in [0.717, 1.165) is 28.5 Å². The van der Waals surface area contributed by atoms with E-state index in [1.165, 1.54) is 17.3 Å². The Hall–Kier alpha value is -3.52. The zero-order valence-corrected chi connectivity index (χ0v) is 19.1. The first-order valence-electron chi connectivity index (χ1n) is 10.2. The van der Waals surface area contributed by atoms with Crippen LogP contribution >= 0.6 is 11.8 Å². The second kappa shape index (κ2) is 9.74. The van der Waals surface area contributed by atoms with Crippen LogP contribution in [0.15, 0.2) is 76.5 Å². The van der Waals surface area contributed by atoms with Gasteiger partial charge < -0.3 is 14.6 Å². The number of rotatable bonds is 8. The van der Waals surface area contributed by atoms with Crippen molar-refractivity contribution >= 4 is 29.0 Å². The number of hydrogen-bond acceptors (Lipinski definition) is 6. The number of nitrogens with zero attached hydrogens (tertiary/aromatic N) is 4. The van der Waals surface area contributed by atoms with Gasteiger partial charge in [0.25, 0.3) is 0 Å². The Bertz CT molecular complexity index is 1170. The third-order valence-corrected chi connectivity index (χ3v) is 5.89. The highest BCUT2D eigenvalue weighted by Crippen LogP contribution is 2.26. The molecule has 8 heteroatoms. The number of aromatic nitrogens is 3. The molecule has 4 aromatic rings. The molecule has 0 saturated heterocycles. The lowest BCUT2D eigenvalue weighted by molar-refractivity contribution is -0.113. The Morgan fingerprint density at radius 1 is 1.06 bits per heavy atom. The Labute approximate surface area is 191 Å². The topological polar surface area (TPSA) is 76.2 Å². The van der Waals surface area contributed by atoms with Gasteiger partial charge in [0.1, 0.15) is 5.76 Å². The van der Waals surface area contributed by atoms with Crippen molar-refractivity contribution in [3.05, 3.63) is 78.3 Å².